The molecule has 0 bridgehead atoms. The number of rotatable bonds is 6. The molecule has 1 aliphatic heterocycles. The van der Waals surface area contributed by atoms with Gasteiger partial charge in [-0.05, 0) is 41.6 Å². The molecule has 3 rings (SSSR count). The Hall–Kier alpha value is -2.05. The summed E-state index contributed by atoms with van der Waals surface area (Å²) in [5, 5.41) is 4.16. The van der Waals surface area contributed by atoms with Gasteiger partial charge in [0.25, 0.3) is 0 Å². The second-order valence-corrected chi connectivity index (χ2v) is 6.86. The van der Waals surface area contributed by atoms with Crippen LogP contribution < -0.4 is 9.47 Å². The zero-order valence-electron chi connectivity index (χ0n) is 14.0. The summed E-state index contributed by atoms with van der Waals surface area (Å²) < 4.78 is 11.6. The molecule has 5 nitrogen and oxygen atoms in total. The van der Waals surface area contributed by atoms with Gasteiger partial charge in [0.05, 0.1) is 13.1 Å². The second kappa shape index (κ2) is 7.68. The van der Waals surface area contributed by atoms with Crippen LogP contribution in [-0.4, -0.2) is 55.6 Å². The molecule has 1 aromatic carbocycles. The summed E-state index contributed by atoms with van der Waals surface area (Å²) in [6, 6.07) is 9.69. The molecule has 0 saturated carbocycles. The fourth-order valence-corrected chi connectivity index (χ4v) is 3.32. The molecular formula is C18H22N2O3S. The highest BCUT2D eigenvalue weighted by Crippen LogP contribution is 2.30. The van der Waals surface area contributed by atoms with Crippen molar-refractivity contribution in [2.24, 2.45) is 0 Å². The van der Waals surface area contributed by atoms with E-state index in [2.05, 4.69) is 16.8 Å². The standard InChI is InChI=1S/C18H22N2O3S/c1-19(9-14-7-8-24-13-14)11-18(21)20(2)10-15-12-22-16-5-3-4-6-17(16)23-15/h3-8,13,15H,9-12H2,1-2H3. The van der Waals surface area contributed by atoms with Crippen LogP contribution >= 0.6 is 11.3 Å². The van der Waals surface area contributed by atoms with Crippen LogP contribution in [0.1, 0.15) is 5.56 Å². The molecule has 24 heavy (non-hydrogen) atoms. The van der Waals surface area contributed by atoms with Gasteiger partial charge in [0.15, 0.2) is 17.6 Å². The van der Waals surface area contributed by atoms with Crippen LogP contribution in [0.4, 0.5) is 0 Å². The average molecular weight is 346 g/mol. The average Bonchev–Trinajstić information content (AvgIpc) is 3.07. The van der Waals surface area contributed by atoms with E-state index in [1.165, 1.54) is 5.56 Å². The molecule has 0 N–H and O–H groups in total. The number of hydrogen-bond acceptors (Lipinski definition) is 5. The topological polar surface area (TPSA) is 42.0 Å². The Kier molecular flexibility index (Phi) is 5.37. The highest BCUT2D eigenvalue weighted by atomic mass is 32.1. The minimum absolute atomic E-state index is 0.0789. The molecule has 0 radical (unpaired) electrons. The number of nitrogens with zero attached hydrogens (tertiary/aromatic N) is 2. The van der Waals surface area contributed by atoms with Gasteiger partial charge < -0.3 is 14.4 Å². The Bertz CT molecular complexity index is 675. The number of hydrogen-bond donors (Lipinski definition) is 0. The van der Waals surface area contributed by atoms with Crippen molar-refractivity contribution in [3.63, 3.8) is 0 Å². The molecule has 0 spiro atoms. The highest BCUT2D eigenvalue weighted by molar-refractivity contribution is 7.07. The van der Waals surface area contributed by atoms with Gasteiger partial charge in [-0.15, -0.1) is 0 Å². The van der Waals surface area contributed by atoms with Gasteiger partial charge in [0.2, 0.25) is 5.91 Å². The Morgan fingerprint density at radius 3 is 2.79 bits per heavy atom. The lowest BCUT2D eigenvalue weighted by Gasteiger charge is -2.30. The molecule has 1 unspecified atom stereocenters. The van der Waals surface area contributed by atoms with Gasteiger partial charge in [-0.1, -0.05) is 12.1 Å². The first-order valence-corrected chi connectivity index (χ1v) is 8.88. The van der Waals surface area contributed by atoms with Crippen molar-refractivity contribution in [2.45, 2.75) is 12.6 Å². The third-order valence-corrected chi connectivity index (χ3v) is 4.64. The lowest BCUT2D eigenvalue weighted by atomic mass is 10.2. The summed E-state index contributed by atoms with van der Waals surface area (Å²) in [5.74, 6) is 1.58. The number of thiophene rings is 1. The maximum atomic E-state index is 12.4. The van der Waals surface area contributed by atoms with Crippen LogP contribution in [0.3, 0.4) is 0 Å². The van der Waals surface area contributed by atoms with E-state index in [-0.39, 0.29) is 12.0 Å². The Morgan fingerprint density at radius 2 is 2.04 bits per heavy atom. The molecule has 1 amide bonds. The van der Waals surface area contributed by atoms with Crippen LogP contribution in [0.15, 0.2) is 41.1 Å². The SMILES string of the molecule is CN(CC(=O)N(C)CC1COc2ccccc2O1)Cc1ccsc1. The van der Waals surface area contributed by atoms with Crippen LogP contribution in [0, 0.1) is 0 Å². The highest BCUT2D eigenvalue weighted by Gasteiger charge is 2.24. The van der Waals surface area contributed by atoms with E-state index in [1.807, 2.05) is 43.3 Å². The molecule has 1 aliphatic rings. The maximum absolute atomic E-state index is 12.4. The Labute approximate surface area is 146 Å². The first-order chi connectivity index (χ1) is 11.6. The monoisotopic (exact) mass is 346 g/mol. The molecule has 6 heteroatoms. The summed E-state index contributed by atoms with van der Waals surface area (Å²) in [5.41, 5.74) is 1.23. The number of benzene rings is 1. The quantitative estimate of drug-likeness (QED) is 0.806. The first-order valence-electron chi connectivity index (χ1n) is 7.94. The third-order valence-electron chi connectivity index (χ3n) is 3.91. The van der Waals surface area contributed by atoms with Crippen LogP contribution in [0.5, 0.6) is 11.5 Å². The molecule has 2 heterocycles. The smallest absolute Gasteiger partial charge is 0.236 e. The van der Waals surface area contributed by atoms with E-state index in [0.29, 0.717) is 19.7 Å². The molecule has 0 saturated heterocycles. The maximum Gasteiger partial charge on any atom is 0.236 e. The number of ether oxygens (including phenoxy) is 2. The zero-order valence-corrected chi connectivity index (χ0v) is 14.8. The zero-order chi connectivity index (χ0) is 16.9. The van der Waals surface area contributed by atoms with Crippen molar-refractivity contribution in [1.82, 2.24) is 9.80 Å². The number of para-hydroxylation sites is 2. The number of carbonyl (C=O) groups is 1. The minimum Gasteiger partial charge on any atom is -0.486 e. The molecule has 2 aromatic rings. The second-order valence-electron chi connectivity index (χ2n) is 6.08. The van der Waals surface area contributed by atoms with E-state index in [4.69, 9.17) is 9.47 Å². The minimum atomic E-state index is -0.143. The van der Waals surface area contributed by atoms with E-state index in [0.717, 1.165) is 18.0 Å². The Balaban J connectivity index is 1.48. The summed E-state index contributed by atoms with van der Waals surface area (Å²) in [7, 11) is 3.77. The van der Waals surface area contributed by atoms with Crippen molar-refractivity contribution < 1.29 is 14.3 Å². The van der Waals surface area contributed by atoms with Crippen molar-refractivity contribution in [3.05, 3.63) is 46.7 Å². The van der Waals surface area contributed by atoms with E-state index < -0.39 is 0 Å². The lowest BCUT2D eigenvalue weighted by molar-refractivity contribution is -0.132. The van der Waals surface area contributed by atoms with Crippen LogP contribution in [-0.2, 0) is 11.3 Å². The summed E-state index contributed by atoms with van der Waals surface area (Å²) in [6.07, 6.45) is -0.143. The Morgan fingerprint density at radius 1 is 1.25 bits per heavy atom. The fraction of sp³-hybridized carbons (Fsp3) is 0.389. The van der Waals surface area contributed by atoms with E-state index in [9.17, 15) is 4.79 Å². The molecule has 128 valence electrons. The predicted octanol–water partition coefficient (Wildman–Crippen LogP) is 2.48. The van der Waals surface area contributed by atoms with Gasteiger partial charge in [0, 0.05) is 13.6 Å². The van der Waals surface area contributed by atoms with Crippen molar-refractivity contribution >= 4 is 17.2 Å². The van der Waals surface area contributed by atoms with Gasteiger partial charge in [-0.3, -0.25) is 9.69 Å². The molecule has 0 aliphatic carbocycles. The van der Waals surface area contributed by atoms with Crippen LogP contribution in [0.25, 0.3) is 0 Å². The largest absolute Gasteiger partial charge is 0.486 e. The van der Waals surface area contributed by atoms with E-state index >= 15 is 0 Å². The van der Waals surface area contributed by atoms with Gasteiger partial charge in [-0.2, -0.15) is 11.3 Å². The van der Waals surface area contributed by atoms with Gasteiger partial charge in [0.1, 0.15) is 6.61 Å². The van der Waals surface area contributed by atoms with Gasteiger partial charge in [-0.25, -0.2) is 0 Å². The number of amides is 1. The van der Waals surface area contributed by atoms with Crippen molar-refractivity contribution in [2.75, 3.05) is 33.8 Å². The van der Waals surface area contributed by atoms with Gasteiger partial charge >= 0.3 is 0 Å². The first kappa shape index (κ1) is 16.8. The van der Waals surface area contributed by atoms with E-state index in [1.54, 1.807) is 16.2 Å². The molecule has 0 fully saturated rings. The molecule has 1 atom stereocenters. The number of likely N-dealkylation sites (N-methyl/N-ethyl adjacent to an activating group) is 2. The van der Waals surface area contributed by atoms with Crippen molar-refractivity contribution in [3.8, 4) is 11.5 Å². The van der Waals surface area contributed by atoms with Crippen LogP contribution in [0.2, 0.25) is 0 Å². The normalized spacial score (nSPS) is 16.2. The fourth-order valence-electron chi connectivity index (χ4n) is 2.66. The molecule has 1 aromatic heterocycles. The molecular weight excluding hydrogens is 324 g/mol. The summed E-state index contributed by atoms with van der Waals surface area (Å²) in [4.78, 5) is 16.1. The number of carbonyl (C=O) groups excluding carboxylic acids is 1. The van der Waals surface area contributed by atoms with Crippen molar-refractivity contribution in [1.29, 1.82) is 0 Å². The number of fused-ring (bicyclic) bond motifs is 1. The lowest BCUT2D eigenvalue weighted by Crippen LogP contribution is -2.44. The predicted molar refractivity (Wildman–Crippen MR) is 94.6 cm³/mol. The summed E-state index contributed by atoms with van der Waals surface area (Å²) >= 11 is 1.67. The third kappa shape index (κ3) is 4.27. The summed E-state index contributed by atoms with van der Waals surface area (Å²) in [6.45, 7) is 2.13.